The zero-order valence-electron chi connectivity index (χ0n) is 9.48. The minimum absolute atomic E-state index is 0.303. The fourth-order valence-corrected chi connectivity index (χ4v) is 2.09. The molecule has 3 rings (SSSR count). The van der Waals surface area contributed by atoms with Gasteiger partial charge in [0.15, 0.2) is 11.5 Å². The number of pyridine rings is 1. The van der Waals surface area contributed by atoms with Crippen molar-refractivity contribution < 1.29 is 9.47 Å². The highest BCUT2D eigenvalue weighted by atomic mass is 16.7. The Balaban J connectivity index is 2.11. The van der Waals surface area contributed by atoms with Gasteiger partial charge in [0.1, 0.15) is 0 Å². The van der Waals surface area contributed by atoms with Gasteiger partial charge in [0.25, 0.3) is 0 Å². The molecule has 2 N–H and O–H groups in total. The van der Waals surface area contributed by atoms with Crippen LogP contribution in [-0.4, -0.2) is 18.3 Å². The first-order valence-electron chi connectivity index (χ1n) is 5.76. The molecule has 0 radical (unpaired) electrons. The van der Waals surface area contributed by atoms with Crippen LogP contribution in [0.15, 0.2) is 24.4 Å². The Bertz CT molecular complexity index is 554. The zero-order chi connectivity index (χ0) is 11.7. The number of hydrogen-bond donors (Lipinski definition) is 1. The molecule has 0 atom stereocenters. The molecule has 1 aliphatic rings. The highest BCUT2D eigenvalue weighted by Gasteiger charge is 2.15. The van der Waals surface area contributed by atoms with Gasteiger partial charge in [-0.1, -0.05) is 0 Å². The predicted octanol–water partition coefficient (Wildman–Crippen LogP) is 1.85. The lowest BCUT2D eigenvalue weighted by atomic mass is 10.1. The molecular formula is C13H14N2O2. The number of aromatic nitrogens is 1. The topological polar surface area (TPSA) is 57.4 Å². The summed E-state index contributed by atoms with van der Waals surface area (Å²) in [7, 11) is 0. The first-order valence-corrected chi connectivity index (χ1v) is 5.76. The molecule has 0 amide bonds. The SMILES string of the molecule is NCCCc1nccc2cc3c(cc12)OCO3. The quantitative estimate of drug-likeness (QED) is 0.874. The van der Waals surface area contributed by atoms with Gasteiger partial charge in [-0.2, -0.15) is 0 Å². The van der Waals surface area contributed by atoms with Crippen molar-refractivity contribution in [3.8, 4) is 11.5 Å². The Morgan fingerprint density at radius 3 is 2.88 bits per heavy atom. The van der Waals surface area contributed by atoms with E-state index in [1.807, 2.05) is 24.4 Å². The van der Waals surface area contributed by atoms with Crippen molar-refractivity contribution in [1.29, 1.82) is 0 Å². The summed E-state index contributed by atoms with van der Waals surface area (Å²) in [5.41, 5.74) is 6.61. The third kappa shape index (κ3) is 1.80. The highest BCUT2D eigenvalue weighted by Crippen LogP contribution is 2.36. The van der Waals surface area contributed by atoms with Crippen molar-refractivity contribution in [2.24, 2.45) is 5.73 Å². The number of ether oxygens (including phenoxy) is 2. The van der Waals surface area contributed by atoms with Crippen molar-refractivity contribution in [3.05, 3.63) is 30.1 Å². The molecule has 1 aromatic carbocycles. The fourth-order valence-electron chi connectivity index (χ4n) is 2.09. The number of nitrogens with zero attached hydrogens (tertiary/aromatic N) is 1. The van der Waals surface area contributed by atoms with Gasteiger partial charge in [-0.25, -0.2) is 0 Å². The predicted molar refractivity (Wildman–Crippen MR) is 65.2 cm³/mol. The van der Waals surface area contributed by atoms with Gasteiger partial charge >= 0.3 is 0 Å². The summed E-state index contributed by atoms with van der Waals surface area (Å²) in [6.07, 6.45) is 3.67. The summed E-state index contributed by atoms with van der Waals surface area (Å²) in [5, 5.41) is 2.27. The number of rotatable bonds is 3. The maximum Gasteiger partial charge on any atom is 0.231 e. The van der Waals surface area contributed by atoms with Crippen LogP contribution in [0.5, 0.6) is 11.5 Å². The molecule has 0 bridgehead atoms. The van der Waals surface area contributed by atoms with Gasteiger partial charge in [0.05, 0.1) is 0 Å². The molecule has 2 heterocycles. The van der Waals surface area contributed by atoms with Crippen molar-refractivity contribution in [3.63, 3.8) is 0 Å². The third-order valence-electron chi connectivity index (χ3n) is 2.96. The number of fused-ring (bicyclic) bond motifs is 2. The lowest BCUT2D eigenvalue weighted by Gasteiger charge is -2.06. The molecule has 0 spiro atoms. The molecule has 88 valence electrons. The summed E-state index contributed by atoms with van der Waals surface area (Å²) in [5.74, 6) is 1.62. The molecule has 4 heteroatoms. The molecule has 0 saturated carbocycles. The normalized spacial score (nSPS) is 13.2. The molecular weight excluding hydrogens is 216 g/mol. The van der Waals surface area contributed by atoms with E-state index < -0.39 is 0 Å². The van der Waals surface area contributed by atoms with Crippen LogP contribution in [-0.2, 0) is 6.42 Å². The second-order valence-electron chi connectivity index (χ2n) is 4.08. The lowest BCUT2D eigenvalue weighted by Crippen LogP contribution is -2.01. The number of hydrogen-bond acceptors (Lipinski definition) is 4. The minimum Gasteiger partial charge on any atom is -0.454 e. The molecule has 17 heavy (non-hydrogen) atoms. The Labute approximate surface area is 99.4 Å². The molecule has 1 aliphatic heterocycles. The number of benzene rings is 1. The monoisotopic (exact) mass is 230 g/mol. The molecule has 4 nitrogen and oxygen atoms in total. The van der Waals surface area contributed by atoms with Crippen LogP contribution in [0.2, 0.25) is 0 Å². The second-order valence-corrected chi connectivity index (χ2v) is 4.08. The maximum atomic E-state index is 5.54. The molecule has 0 saturated heterocycles. The Hall–Kier alpha value is -1.81. The average Bonchev–Trinajstić information content (AvgIpc) is 2.80. The van der Waals surface area contributed by atoms with Gasteiger partial charge < -0.3 is 15.2 Å². The van der Waals surface area contributed by atoms with Crippen LogP contribution in [0.1, 0.15) is 12.1 Å². The summed E-state index contributed by atoms with van der Waals surface area (Å²) < 4.78 is 10.8. The van der Waals surface area contributed by atoms with Gasteiger partial charge in [0.2, 0.25) is 6.79 Å². The van der Waals surface area contributed by atoms with Crippen molar-refractivity contribution in [2.45, 2.75) is 12.8 Å². The number of aryl methyl sites for hydroxylation is 1. The van der Waals surface area contributed by atoms with E-state index >= 15 is 0 Å². The van der Waals surface area contributed by atoms with E-state index in [2.05, 4.69) is 4.98 Å². The maximum absolute atomic E-state index is 5.54. The molecule has 0 aliphatic carbocycles. The first-order chi connectivity index (χ1) is 8.38. The Morgan fingerprint density at radius 2 is 2.06 bits per heavy atom. The Kier molecular flexibility index (Phi) is 2.57. The third-order valence-corrected chi connectivity index (χ3v) is 2.96. The van der Waals surface area contributed by atoms with Crippen LogP contribution >= 0.6 is 0 Å². The van der Waals surface area contributed by atoms with Crippen LogP contribution in [0.4, 0.5) is 0 Å². The van der Waals surface area contributed by atoms with E-state index in [0.29, 0.717) is 13.3 Å². The lowest BCUT2D eigenvalue weighted by molar-refractivity contribution is 0.174. The molecule has 2 aromatic rings. The smallest absolute Gasteiger partial charge is 0.231 e. The standard InChI is InChI=1S/C13H14N2O2/c14-4-1-2-11-10-7-13-12(16-8-17-13)6-9(10)3-5-15-11/h3,5-7H,1-2,4,8,14H2. The summed E-state index contributed by atoms with van der Waals surface area (Å²) in [4.78, 5) is 4.42. The van der Waals surface area contributed by atoms with Gasteiger partial charge in [-0.15, -0.1) is 0 Å². The molecule has 1 aromatic heterocycles. The summed E-state index contributed by atoms with van der Waals surface area (Å²) >= 11 is 0. The van der Waals surface area contributed by atoms with Crippen LogP contribution in [0.25, 0.3) is 10.8 Å². The van der Waals surface area contributed by atoms with E-state index in [1.54, 1.807) is 0 Å². The first kappa shape index (κ1) is 10.4. The van der Waals surface area contributed by atoms with Crippen molar-refractivity contribution >= 4 is 10.8 Å². The fraction of sp³-hybridized carbons (Fsp3) is 0.308. The van der Waals surface area contributed by atoms with Gasteiger partial charge in [-0.3, -0.25) is 4.98 Å². The van der Waals surface area contributed by atoms with E-state index in [-0.39, 0.29) is 0 Å². The van der Waals surface area contributed by atoms with Crippen molar-refractivity contribution in [2.75, 3.05) is 13.3 Å². The summed E-state index contributed by atoms with van der Waals surface area (Å²) in [6, 6.07) is 6.01. The van der Waals surface area contributed by atoms with E-state index in [1.165, 1.54) is 0 Å². The summed E-state index contributed by atoms with van der Waals surface area (Å²) in [6.45, 7) is 0.986. The second kappa shape index (κ2) is 4.22. The molecule has 0 fully saturated rings. The van der Waals surface area contributed by atoms with Crippen LogP contribution in [0, 0.1) is 0 Å². The largest absolute Gasteiger partial charge is 0.454 e. The average molecular weight is 230 g/mol. The van der Waals surface area contributed by atoms with Gasteiger partial charge in [-0.05, 0) is 43.0 Å². The van der Waals surface area contributed by atoms with Crippen molar-refractivity contribution in [1.82, 2.24) is 4.98 Å². The Morgan fingerprint density at radius 1 is 1.24 bits per heavy atom. The van der Waals surface area contributed by atoms with E-state index in [9.17, 15) is 0 Å². The highest BCUT2D eigenvalue weighted by molar-refractivity contribution is 5.88. The zero-order valence-corrected chi connectivity index (χ0v) is 9.48. The number of nitrogens with two attached hydrogens (primary N) is 1. The van der Waals surface area contributed by atoms with E-state index in [0.717, 1.165) is 40.8 Å². The van der Waals surface area contributed by atoms with Gasteiger partial charge in [0, 0.05) is 17.3 Å². The van der Waals surface area contributed by atoms with Crippen LogP contribution < -0.4 is 15.2 Å². The minimum atomic E-state index is 0.303. The van der Waals surface area contributed by atoms with E-state index in [4.69, 9.17) is 15.2 Å². The molecule has 0 unspecified atom stereocenters. The van der Waals surface area contributed by atoms with Crippen LogP contribution in [0.3, 0.4) is 0 Å².